The van der Waals surface area contributed by atoms with Crippen molar-refractivity contribution in [2.24, 2.45) is 11.8 Å². The van der Waals surface area contributed by atoms with E-state index in [1.54, 1.807) is 0 Å². The molecule has 21 heavy (non-hydrogen) atoms. The topological polar surface area (TPSA) is 30.0 Å². The molecule has 0 radical (unpaired) electrons. The molecule has 0 amide bonds. The fourth-order valence-electron chi connectivity index (χ4n) is 3.48. The molecule has 1 fully saturated rings. The molecule has 0 bridgehead atoms. The Hall–Kier alpha value is -1.70. The van der Waals surface area contributed by atoms with E-state index in [1.807, 2.05) is 24.3 Å². The minimum atomic E-state index is 0.261. The van der Waals surface area contributed by atoms with Gasteiger partial charge in [-0.3, -0.25) is 9.78 Å². The van der Waals surface area contributed by atoms with Crippen LogP contribution in [0.25, 0.3) is 10.9 Å². The second kappa shape index (κ2) is 6.38. The van der Waals surface area contributed by atoms with Crippen molar-refractivity contribution in [1.29, 1.82) is 0 Å². The number of hydrogen-bond acceptors (Lipinski definition) is 2. The van der Waals surface area contributed by atoms with Gasteiger partial charge in [0.1, 0.15) is 5.78 Å². The summed E-state index contributed by atoms with van der Waals surface area (Å²) in [4.78, 5) is 17.2. The molecule has 2 aromatic rings. The van der Waals surface area contributed by atoms with Crippen LogP contribution in [0.2, 0.25) is 0 Å². The first-order valence-electron chi connectivity index (χ1n) is 8.13. The highest BCUT2D eigenvalue weighted by molar-refractivity contribution is 5.84. The summed E-state index contributed by atoms with van der Waals surface area (Å²) in [5.74, 6) is 1.39. The molecule has 1 aliphatic carbocycles. The van der Waals surface area contributed by atoms with Gasteiger partial charge in [-0.1, -0.05) is 50.5 Å². The summed E-state index contributed by atoms with van der Waals surface area (Å²) in [5, 5.41) is 1.14. The van der Waals surface area contributed by atoms with Crippen molar-refractivity contribution in [3.05, 3.63) is 42.1 Å². The van der Waals surface area contributed by atoms with Crippen LogP contribution in [0, 0.1) is 11.8 Å². The van der Waals surface area contributed by atoms with E-state index in [9.17, 15) is 4.79 Å². The van der Waals surface area contributed by atoms with E-state index >= 15 is 0 Å². The largest absolute Gasteiger partial charge is 0.299 e. The van der Waals surface area contributed by atoms with Crippen LogP contribution in [0.1, 0.15) is 44.7 Å². The van der Waals surface area contributed by atoms with Gasteiger partial charge in [0.2, 0.25) is 0 Å². The minimum Gasteiger partial charge on any atom is -0.299 e. The summed E-state index contributed by atoms with van der Waals surface area (Å²) in [5.41, 5.74) is 1.90. The number of Topliss-reactive ketones (excluding diaryl/α,β-unsaturated/α-hetero) is 1. The first kappa shape index (κ1) is 14.2. The maximum atomic E-state index is 12.5. The van der Waals surface area contributed by atoms with Gasteiger partial charge in [0.25, 0.3) is 0 Å². The van der Waals surface area contributed by atoms with E-state index in [0.717, 1.165) is 35.4 Å². The van der Waals surface area contributed by atoms with Crippen molar-refractivity contribution >= 4 is 16.7 Å². The Morgan fingerprint density at radius 2 is 2.05 bits per heavy atom. The molecule has 110 valence electrons. The van der Waals surface area contributed by atoms with E-state index in [4.69, 9.17) is 0 Å². The minimum absolute atomic E-state index is 0.261. The molecule has 2 atom stereocenters. The Kier molecular flexibility index (Phi) is 4.33. The van der Waals surface area contributed by atoms with Crippen molar-refractivity contribution in [3.63, 3.8) is 0 Å². The number of hydrogen-bond donors (Lipinski definition) is 0. The number of rotatable bonds is 4. The van der Waals surface area contributed by atoms with Crippen LogP contribution in [-0.2, 0) is 11.2 Å². The number of pyridine rings is 1. The van der Waals surface area contributed by atoms with Gasteiger partial charge < -0.3 is 0 Å². The molecule has 2 unspecified atom stereocenters. The Labute approximate surface area is 126 Å². The third kappa shape index (κ3) is 3.31. The summed E-state index contributed by atoms with van der Waals surface area (Å²) in [6, 6.07) is 12.1. The number of aromatic nitrogens is 1. The van der Waals surface area contributed by atoms with Gasteiger partial charge in [-0.05, 0) is 30.9 Å². The zero-order valence-corrected chi connectivity index (χ0v) is 12.7. The average molecular weight is 281 g/mol. The van der Waals surface area contributed by atoms with Crippen LogP contribution in [0.15, 0.2) is 36.4 Å². The van der Waals surface area contributed by atoms with Gasteiger partial charge in [-0.2, -0.15) is 0 Å². The molecule has 1 aliphatic rings. The fourth-order valence-corrected chi connectivity index (χ4v) is 3.48. The lowest BCUT2D eigenvalue weighted by molar-refractivity contribution is -0.123. The van der Waals surface area contributed by atoms with Crippen molar-refractivity contribution < 1.29 is 4.79 Å². The van der Waals surface area contributed by atoms with Gasteiger partial charge in [0.05, 0.1) is 5.52 Å². The van der Waals surface area contributed by atoms with Crippen molar-refractivity contribution in [2.75, 3.05) is 0 Å². The van der Waals surface area contributed by atoms with E-state index in [1.165, 1.54) is 19.3 Å². The van der Waals surface area contributed by atoms with Crippen molar-refractivity contribution in [2.45, 2.75) is 45.4 Å². The van der Waals surface area contributed by atoms with E-state index in [-0.39, 0.29) is 5.92 Å². The Morgan fingerprint density at radius 1 is 1.19 bits per heavy atom. The van der Waals surface area contributed by atoms with Crippen LogP contribution in [0.4, 0.5) is 0 Å². The zero-order valence-electron chi connectivity index (χ0n) is 12.7. The van der Waals surface area contributed by atoms with Gasteiger partial charge in [-0.25, -0.2) is 0 Å². The highest BCUT2D eigenvalue weighted by Crippen LogP contribution is 2.32. The zero-order chi connectivity index (χ0) is 14.7. The van der Waals surface area contributed by atoms with E-state index in [0.29, 0.717) is 12.2 Å². The van der Waals surface area contributed by atoms with Crippen LogP contribution in [0.3, 0.4) is 0 Å². The molecular weight excluding hydrogens is 258 g/mol. The Balaban J connectivity index is 1.70. The van der Waals surface area contributed by atoms with Gasteiger partial charge in [0, 0.05) is 23.4 Å². The normalized spacial score (nSPS) is 22.3. The smallest absolute Gasteiger partial charge is 0.141 e. The molecule has 1 heterocycles. The predicted molar refractivity (Wildman–Crippen MR) is 86.2 cm³/mol. The summed E-state index contributed by atoms with van der Waals surface area (Å²) in [6.07, 6.45) is 6.37. The molecule has 2 heteroatoms. The summed E-state index contributed by atoms with van der Waals surface area (Å²) < 4.78 is 0. The third-order valence-electron chi connectivity index (χ3n) is 4.83. The molecule has 1 aromatic carbocycles. The van der Waals surface area contributed by atoms with Crippen LogP contribution in [0.5, 0.6) is 0 Å². The van der Waals surface area contributed by atoms with Crippen molar-refractivity contribution in [3.8, 4) is 0 Å². The lowest BCUT2D eigenvalue weighted by Gasteiger charge is -2.27. The monoisotopic (exact) mass is 281 g/mol. The second-order valence-corrected chi connectivity index (χ2v) is 6.28. The van der Waals surface area contributed by atoms with Gasteiger partial charge in [-0.15, -0.1) is 0 Å². The average Bonchev–Trinajstić information content (AvgIpc) is 2.54. The maximum absolute atomic E-state index is 12.5. The second-order valence-electron chi connectivity index (χ2n) is 6.28. The van der Waals surface area contributed by atoms with Crippen molar-refractivity contribution in [1.82, 2.24) is 4.98 Å². The first-order valence-corrected chi connectivity index (χ1v) is 8.13. The summed E-state index contributed by atoms with van der Waals surface area (Å²) in [7, 11) is 0. The molecule has 3 rings (SSSR count). The number of ketones is 1. The fraction of sp³-hybridized carbons (Fsp3) is 0.474. The maximum Gasteiger partial charge on any atom is 0.141 e. The van der Waals surface area contributed by atoms with Crippen LogP contribution < -0.4 is 0 Å². The molecule has 2 nitrogen and oxygen atoms in total. The molecule has 0 aliphatic heterocycles. The SMILES string of the molecule is CCC1CCCC(C(=O)Cc2ccc3ccccc3n2)C1. The lowest BCUT2D eigenvalue weighted by atomic mass is 9.77. The quantitative estimate of drug-likeness (QED) is 0.822. The van der Waals surface area contributed by atoms with E-state index in [2.05, 4.69) is 24.0 Å². The third-order valence-corrected chi connectivity index (χ3v) is 4.83. The van der Waals surface area contributed by atoms with Crippen LogP contribution >= 0.6 is 0 Å². The number of nitrogens with zero attached hydrogens (tertiary/aromatic N) is 1. The number of fused-ring (bicyclic) bond motifs is 1. The Morgan fingerprint density at radius 3 is 2.90 bits per heavy atom. The highest BCUT2D eigenvalue weighted by Gasteiger charge is 2.26. The standard InChI is InChI=1S/C19H23NO/c1-2-14-6-5-8-16(12-14)19(21)13-17-11-10-15-7-3-4-9-18(15)20-17/h3-4,7,9-11,14,16H,2,5-6,8,12-13H2,1H3. The van der Waals surface area contributed by atoms with Gasteiger partial charge >= 0.3 is 0 Å². The van der Waals surface area contributed by atoms with E-state index < -0.39 is 0 Å². The lowest BCUT2D eigenvalue weighted by Crippen LogP contribution is -2.24. The number of benzene rings is 1. The summed E-state index contributed by atoms with van der Waals surface area (Å²) in [6.45, 7) is 2.24. The molecule has 0 spiro atoms. The Bertz CT molecular complexity index is 634. The molecule has 1 saturated carbocycles. The summed E-state index contributed by atoms with van der Waals surface area (Å²) >= 11 is 0. The number of para-hydroxylation sites is 1. The van der Waals surface area contributed by atoms with Crippen LogP contribution in [-0.4, -0.2) is 10.8 Å². The number of carbonyl (C=O) groups excluding carboxylic acids is 1. The molecule has 1 aromatic heterocycles. The first-order chi connectivity index (χ1) is 10.3. The van der Waals surface area contributed by atoms with Gasteiger partial charge in [0.15, 0.2) is 0 Å². The molecular formula is C19H23NO. The molecule has 0 N–H and O–H groups in total. The highest BCUT2D eigenvalue weighted by atomic mass is 16.1. The number of carbonyl (C=O) groups is 1. The predicted octanol–water partition coefficient (Wildman–Crippen LogP) is 4.56. The molecule has 0 saturated heterocycles.